The number of nitro groups is 1. The minimum absolute atomic E-state index is 0.384. The lowest BCUT2D eigenvalue weighted by molar-refractivity contribution is -0.385. The van der Waals surface area contributed by atoms with Crippen LogP contribution in [0.25, 0.3) is 0 Å². The van der Waals surface area contributed by atoms with Gasteiger partial charge in [-0.25, -0.2) is 8.78 Å². The quantitative estimate of drug-likeness (QED) is 0.473. The second-order valence-corrected chi connectivity index (χ2v) is 4.52. The minimum atomic E-state index is -1.10. The summed E-state index contributed by atoms with van der Waals surface area (Å²) in [5.41, 5.74) is 0.186. The topological polar surface area (TPSA) is 52.4 Å². The summed E-state index contributed by atoms with van der Waals surface area (Å²) in [6.45, 7) is 0. The molecule has 0 saturated heterocycles. The first-order chi connectivity index (χ1) is 9.58. The Morgan fingerprint density at radius 1 is 1.20 bits per heavy atom. The van der Waals surface area contributed by atoms with Crippen LogP contribution in [-0.4, -0.2) is 4.92 Å². The van der Waals surface area contributed by atoms with Gasteiger partial charge >= 0.3 is 5.69 Å². The molecule has 0 radical (unpaired) electrons. The molecule has 0 heterocycles. The first-order valence-corrected chi connectivity index (χ1v) is 6.46. The molecule has 0 atom stereocenters. The molecule has 0 fully saturated rings. The van der Waals surface area contributed by atoms with Gasteiger partial charge in [0.05, 0.1) is 28.8 Å². The molecule has 0 bridgehead atoms. The molecule has 0 amide bonds. The van der Waals surface area contributed by atoms with Gasteiger partial charge in [0.25, 0.3) is 0 Å². The number of nitrogens with zero attached hydrogens (tertiary/aromatic N) is 1. The highest BCUT2D eigenvalue weighted by molar-refractivity contribution is 7.94. The summed E-state index contributed by atoms with van der Waals surface area (Å²) >= 11 is 0.844. The lowest BCUT2D eigenvalue weighted by Crippen LogP contribution is -1.97. The number of nitro benzene ring substituents is 1. The van der Waals surface area contributed by atoms with Crippen LogP contribution in [0.3, 0.4) is 0 Å². The van der Waals surface area contributed by atoms with E-state index < -0.39 is 28.0 Å². The van der Waals surface area contributed by atoms with Crippen LogP contribution in [0, 0.1) is 21.7 Å². The van der Waals surface area contributed by atoms with E-state index in [1.807, 2.05) is 30.3 Å². The van der Waals surface area contributed by atoms with Gasteiger partial charge in [0.15, 0.2) is 5.82 Å². The molecule has 0 spiro atoms. The molecule has 0 saturated carbocycles. The summed E-state index contributed by atoms with van der Waals surface area (Å²) in [5, 5.41) is 10.7. The highest BCUT2D eigenvalue weighted by Crippen LogP contribution is 2.34. The van der Waals surface area contributed by atoms with E-state index in [4.69, 9.17) is 4.18 Å². The van der Waals surface area contributed by atoms with Crippen molar-refractivity contribution in [1.29, 1.82) is 0 Å². The van der Waals surface area contributed by atoms with Crippen LogP contribution in [0.5, 0.6) is 5.75 Å². The van der Waals surface area contributed by atoms with Gasteiger partial charge in [-0.3, -0.25) is 10.1 Å². The molecule has 20 heavy (non-hydrogen) atoms. The van der Waals surface area contributed by atoms with E-state index in [2.05, 4.69) is 0 Å². The van der Waals surface area contributed by atoms with Crippen LogP contribution < -0.4 is 4.18 Å². The monoisotopic (exact) mass is 297 g/mol. The highest BCUT2D eigenvalue weighted by atomic mass is 32.2. The molecule has 104 valence electrons. The van der Waals surface area contributed by atoms with Crippen LogP contribution in [0.2, 0.25) is 0 Å². The molecule has 2 aromatic carbocycles. The Morgan fingerprint density at radius 3 is 2.55 bits per heavy atom. The molecule has 0 aliphatic rings. The molecular formula is C13H9F2NO3S. The molecule has 2 aromatic rings. The number of rotatable bonds is 5. The fraction of sp³-hybridized carbons (Fsp3) is 0.0769. The van der Waals surface area contributed by atoms with Crippen LogP contribution in [-0.2, 0) is 5.75 Å². The first-order valence-electron chi connectivity index (χ1n) is 5.55. The van der Waals surface area contributed by atoms with Crippen molar-refractivity contribution < 1.29 is 17.9 Å². The van der Waals surface area contributed by atoms with E-state index in [9.17, 15) is 18.9 Å². The fourth-order valence-electron chi connectivity index (χ4n) is 1.50. The lowest BCUT2D eigenvalue weighted by Gasteiger charge is -2.06. The van der Waals surface area contributed by atoms with Crippen LogP contribution in [0.4, 0.5) is 14.5 Å². The zero-order chi connectivity index (χ0) is 14.5. The van der Waals surface area contributed by atoms with Gasteiger partial charge in [-0.2, -0.15) is 0 Å². The highest BCUT2D eigenvalue weighted by Gasteiger charge is 2.22. The maximum atomic E-state index is 13.5. The standard InChI is InChI=1S/C13H9F2NO3S/c14-10-6-11(15)13(12(7-10)16(17)18)19-20-8-9-4-2-1-3-5-9/h1-7H,8H2. The average molecular weight is 297 g/mol. The van der Waals surface area contributed by atoms with Gasteiger partial charge < -0.3 is 4.18 Å². The smallest absolute Gasteiger partial charge is 0.318 e. The Hall–Kier alpha value is -2.15. The predicted octanol–water partition coefficient (Wildman–Crippen LogP) is 4.10. The van der Waals surface area contributed by atoms with Crippen molar-refractivity contribution in [2.75, 3.05) is 0 Å². The molecule has 0 N–H and O–H groups in total. The molecule has 2 rings (SSSR count). The summed E-state index contributed by atoms with van der Waals surface area (Å²) in [7, 11) is 0. The third-order valence-corrected chi connectivity index (χ3v) is 3.13. The number of halogens is 2. The zero-order valence-corrected chi connectivity index (χ0v) is 10.9. The first kappa shape index (κ1) is 14.3. The van der Waals surface area contributed by atoms with E-state index in [0.29, 0.717) is 17.9 Å². The third-order valence-electron chi connectivity index (χ3n) is 2.40. The Labute approximate surface area is 117 Å². The second kappa shape index (κ2) is 6.33. The maximum absolute atomic E-state index is 13.5. The van der Waals surface area contributed by atoms with E-state index >= 15 is 0 Å². The molecule has 0 aromatic heterocycles. The third kappa shape index (κ3) is 3.45. The molecule has 7 heteroatoms. The Balaban J connectivity index is 2.11. The number of hydrogen-bond donors (Lipinski definition) is 0. The average Bonchev–Trinajstić information content (AvgIpc) is 2.41. The molecule has 4 nitrogen and oxygen atoms in total. The lowest BCUT2D eigenvalue weighted by atomic mass is 10.2. The number of benzene rings is 2. The van der Waals surface area contributed by atoms with Crippen molar-refractivity contribution in [3.8, 4) is 5.75 Å². The van der Waals surface area contributed by atoms with Gasteiger partial charge in [-0.15, -0.1) is 0 Å². The van der Waals surface area contributed by atoms with Crippen molar-refractivity contribution in [3.63, 3.8) is 0 Å². The van der Waals surface area contributed by atoms with Gasteiger partial charge in [0.2, 0.25) is 5.75 Å². The normalized spacial score (nSPS) is 10.3. The molecular weight excluding hydrogens is 288 g/mol. The van der Waals surface area contributed by atoms with Crippen LogP contribution >= 0.6 is 12.0 Å². The Bertz CT molecular complexity index is 623. The van der Waals surface area contributed by atoms with E-state index in [0.717, 1.165) is 17.6 Å². The zero-order valence-electron chi connectivity index (χ0n) is 10.1. The molecule has 0 aliphatic heterocycles. The Morgan fingerprint density at radius 2 is 1.90 bits per heavy atom. The van der Waals surface area contributed by atoms with Crippen LogP contribution in [0.15, 0.2) is 42.5 Å². The maximum Gasteiger partial charge on any atom is 0.318 e. The van der Waals surface area contributed by atoms with Crippen molar-refractivity contribution in [3.05, 3.63) is 69.8 Å². The second-order valence-electron chi connectivity index (χ2n) is 3.82. The van der Waals surface area contributed by atoms with Crippen molar-refractivity contribution in [1.82, 2.24) is 0 Å². The van der Waals surface area contributed by atoms with Gasteiger partial charge in [0, 0.05) is 6.07 Å². The Kier molecular flexibility index (Phi) is 4.52. The summed E-state index contributed by atoms with van der Waals surface area (Å²) in [6, 6.07) is 10.4. The van der Waals surface area contributed by atoms with Crippen molar-refractivity contribution in [2.45, 2.75) is 5.75 Å². The van der Waals surface area contributed by atoms with Crippen molar-refractivity contribution >= 4 is 17.7 Å². The minimum Gasteiger partial charge on any atom is -0.415 e. The summed E-state index contributed by atoms with van der Waals surface area (Å²) < 4.78 is 31.5. The SMILES string of the molecule is O=[N+]([O-])c1cc(F)cc(F)c1OSCc1ccccc1. The summed E-state index contributed by atoms with van der Waals surface area (Å²) in [4.78, 5) is 9.86. The predicted molar refractivity (Wildman–Crippen MR) is 71.4 cm³/mol. The molecule has 0 unspecified atom stereocenters. The van der Waals surface area contributed by atoms with E-state index in [1.165, 1.54) is 0 Å². The van der Waals surface area contributed by atoms with Gasteiger partial charge in [-0.1, -0.05) is 30.3 Å². The summed E-state index contributed by atoms with van der Waals surface area (Å²) in [6.07, 6.45) is 0. The van der Waals surface area contributed by atoms with Gasteiger partial charge in [0.1, 0.15) is 5.82 Å². The molecule has 0 aliphatic carbocycles. The fourth-order valence-corrected chi connectivity index (χ4v) is 2.17. The van der Waals surface area contributed by atoms with Crippen molar-refractivity contribution in [2.24, 2.45) is 0 Å². The van der Waals surface area contributed by atoms with Gasteiger partial charge in [-0.05, 0) is 5.56 Å². The number of hydrogen-bond acceptors (Lipinski definition) is 4. The van der Waals surface area contributed by atoms with E-state index in [1.54, 1.807) is 0 Å². The van der Waals surface area contributed by atoms with E-state index in [-0.39, 0.29) is 0 Å². The van der Waals surface area contributed by atoms with Crippen LogP contribution in [0.1, 0.15) is 5.56 Å². The summed E-state index contributed by atoms with van der Waals surface area (Å²) in [5.74, 6) is -2.31. The largest absolute Gasteiger partial charge is 0.415 e.